The standard InChI is InChI=1S/C23H39FO4.C21H36O4/c1-15-7-9-23-10-8-17(27-6)19(23)22(15,4)18(28-14-26-5)13-21(3,11-12-24)20(25)16(23)2;1-13-11-17(25-12-23-5)20(4)14(2)7-9-21(15(3)18(13)22)10-8-16(24-6)19(20)21/h15-19H,7-14H2,1-6H3;13-17,19H,7-12H2,1-6H3/t15-,16+,17-,18?,19?,21-,22+,23?;13-,14+,15-,16+,17?,19?,20-,21?/m10/s1. The van der Waals surface area contributed by atoms with Crippen molar-refractivity contribution in [2.24, 2.45) is 68.5 Å². The van der Waals surface area contributed by atoms with E-state index in [4.69, 9.17) is 28.4 Å². The second-order valence-corrected chi connectivity index (χ2v) is 19.3. The Morgan fingerprint density at radius 1 is 0.660 bits per heavy atom. The molecule has 53 heavy (non-hydrogen) atoms. The lowest BCUT2D eigenvalue weighted by atomic mass is 9.44. The molecule has 0 N–H and O–H groups in total. The normalized spacial score (nSPS) is 49.5. The SMILES string of the molecule is COCOC1C[C@@](C)(CCF)C(=O)[C@H](C)C23CC[C@@H](C)[C@]1(C)C2[C@H](OC)CC3.COCOC1C[C@H](C)C(=O)[C@H](C)C23CC[C@@H](C)[C@]1(C)C2[C@H](OC)CC3. The van der Waals surface area contributed by atoms with E-state index in [1.54, 1.807) is 21.3 Å². The van der Waals surface area contributed by atoms with E-state index >= 15 is 0 Å². The molecule has 0 amide bonds. The molecule has 0 aromatic carbocycles. The van der Waals surface area contributed by atoms with Gasteiger partial charge >= 0.3 is 0 Å². The van der Waals surface area contributed by atoms with Crippen LogP contribution in [0.3, 0.4) is 0 Å². The van der Waals surface area contributed by atoms with Crippen LogP contribution in [-0.4, -0.2) is 84.7 Å². The molecular weight excluding hydrogens is 675 g/mol. The average molecular weight is 751 g/mol. The number of carbonyl (C=O) groups is 2. The monoisotopic (exact) mass is 751 g/mol. The van der Waals surface area contributed by atoms with Gasteiger partial charge in [-0.15, -0.1) is 0 Å². The summed E-state index contributed by atoms with van der Waals surface area (Å²) >= 11 is 0. The summed E-state index contributed by atoms with van der Waals surface area (Å²) in [5.41, 5.74) is -0.834. The second-order valence-electron chi connectivity index (χ2n) is 19.3. The Morgan fingerprint density at radius 3 is 1.58 bits per heavy atom. The summed E-state index contributed by atoms with van der Waals surface area (Å²) in [6.07, 6.45) is 10.5. The average Bonchev–Trinajstić information content (AvgIpc) is 3.74. The van der Waals surface area contributed by atoms with Crippen molar-refractivity contribution in [1.82, 2.24) is 0 Å². The van der Waals surface area contributed by atoms with Crippen LogP contribution in [0.4, 0.5) is 4.39 Å². The molecule has 6 unspecified atom stereocenters. The largest absolute Gasteiger partial charge is 0.381 e. The Labute approximate surface area is 321 Å². The maximum absolute atomic E-state index is 13.8. The van der Waals surface area contributed by atoms with E-state index in [0.29, 0.717) is 36.8 Å². The first-order valence-corrected chi connectivity index (χ1v) is 20.9. The summed E-state index contributed by atoms with van der Waals surface area (Å²) in [4.78, 5) is 27.0. The highest BCUT2D eigenvalue weighted by molar-refractivity contribution is 5.87. The molecule has 6 rings (SSSR count). The number of methoxy groups -OCH3 is 4. The minimum atomic E-state index is -0.700. The number of alkyl halides is 1. The van der Waals surface area contributed by atoms with E-state index in [0.717, 1.165) is 51.4 Å². The first kappa shape index (κ1) is 43.2. The van der Waals surface area contributed by atoms with Gasteiger partial charge in [0, 0.05) is 62.4 Å². The zero-order valence-corrected chi connectivity index (χ0v) is 35.4. The summed E-state index contributed by atoms with van der Waals surface area (Å²) < 4.78 is 48.6. The predicted octanol–water partition coefficient (Wildman–Crippen LogP) is 8.87. The molecule has 0 aliphatic heterocycles. The van der Waals surface area contributed by atoms with E-state index in [1.807, 2.05) is 14.0 Å². The Morgan fingerprint density at radius 2 is 1.11 bits per heavy atom. The number of hydrogen-bond donors (Lipinski definition) is 0. The van der Waals surface area contributed by atoms with E-state index in [9.17, 15) is 14.0 Å². The van der Waals surface area contributed by atoms with Crippen molar-refractivity contribution in [2.75, 3.05) is 48.7 Å². The van der Waals surface area contributed by atoms with E-state index < -0.39 is 12.1 Å². The van der Waals surface area contributed by atoms with Crippen LogP contribution in [0.15, 0.2) is 0 Å². The number of ketones is 2. The van der Waals surface area contributed by atoms with Crippen LogP contribution >= 0.6 is 0 Å². The Hall–Kier alpha value is -0.970. The highest BCUT2D eigenvalue weighted by Gasteiger charge is 2.69. The lowest BCUT2D eigenvalue weighted by Gasteiger charge is -2.62. The first-order chi connectivity index (χ1) is 25.0. The summed E-state index contributed by atoms with van der Waals surface area (Å²) in [7, 11) is 6.94. The molecule has 6 aliphatic rings. The molecule has 0 saturated heterocycles. The fourth-order valence-corrected chi connectivity index (χ4v) is 14.1. The van der Waals surface area contributed by atoms with Gasteiger partial charge < -0.3 is 28.4 Å². The van der Waals surface area contributed by atoms with Crippen LogP contribution in [-0.2, 0) is 38.0 Å². The van der Waals surface area contributed by atoms with Gasteiger partial charge in [-0.3, -0.25) is 14.0 Å². The highest BCUT2D eigenvalue weighted by atomic mass is 19.1. The van der Waals surface area contributed by atoms with Crippen molar-refractivity contribution in [3.05, 3.63) is 0 Å². The number of hydrogen-bond acceptors (Lipinski definition) is 8. The van der Waals surface area contributed by atoms with Crippen LogP contribution in [0.25, 0.3) is 0 Å². The maximum atomic E-state index is 13.8. The van der Waals surface area contributed by atoms with Gasteiger partial charge in [-0.05, 0) is 105 Å². The molecule has 9 heteroatoms. The number of rotatable bonds is 10. The van der Waals surface area contributed by atoms with Gasteiger partial charge in [-0.1, -0.05) is 55.4 Å². The highest BCUT2D eigenvalue weighted by Crippen LogP contribution is 2.70. The molecule has 0 heterocycles. The van der Waals surface area contributed by atoms with Crippen molar-refractivity contribution < 1.29 is 42.4 Å². The lowest BCUT2D eigenvalue weighted by Crippen LogP contribution is -2.63. The van der Waals surface area contributed by atoms with Crippen molar-refractivity contribution in [1.29, 1.82) is 0 Å². The minimum Gasteiger partial charge on any atom is -0.381 e. The maximum Gasteiger partial charge on any atom is 0.146 e. The van der Waals surface area contributed by atoms with Crippen molar-refractivity contribution in [2.45, 2.75) is 150 Å². The number of ether oxygens (including phenoxy) is 6. The molecule has 0 aromatic rings. The van der Waals surface area contributed by atoms with Crippen molar-refractivity contribution >= 4 is 11.6 Å². The number of Topliss-reactive ketones (excluding diaryl/α,β-unsaturated/α-hetero) is 2. The van der Waals surface area contributed by atoms with Crippen LogP contribution in [0, 0.1) is 68.5 Å². The zero-order valence-electron chi connectivity index (χ0n) is 35.4. The molecule has 306 valence electrons. The van der Waals surface area contributed by atoms with Crippen LogP contribution in [0.2, 0.25) is 0 Å². The Kier molecular flexibility index (Phi) is 13.4. The number of halogens is 1. The van der Waals surface area contributed by atoms with E-state index in [-0.39, 0.29) is 88.7 Å². The molecule has 8 nitrogen and oxygen atoms in total. The number of carbonyl (C=O) groups excluding carboxylic acids is 2. The first-order valence-electron chi connectivity index (χ1n) is 20.9. The zero-order chi connectivity index (χ0) is 39.1. The molecule has 0 aromatic heterocycles. The molecule has 6 saturated carbocycles. The lowest BCUT2D eigenvalue weighted by molar-refractivity contribution is -0.220. The van der Waals surface area contributed by atoms with Gasteiger partial charge in [0.2, 0.25) is 0 Å². The Balaban J connectivity index is 0.000000206. The van der Waals surface area contributed by atoms with Crippen LogP contribution in [0.1, 0.15) is 126 Å². The Bertz CT molecular complexity index is 1280. The van der Waals surface area contributed by atoms with E-state index in [1.165, 1.54) is 6.42 Å². The van der Waals surface area contributed by atoms with E-state index in [2.05, 4.69) is 48.5 Å². The molecule has 6 aliphatic carbocycles. The third-order valence-electron chi connectivity index (χ3n) is 17.6. The topological polar surface area (TPSA) is 89.5 Å². The van der Waals surface area contributed by atoms with Gasteiger partial charge in [0.05, 0.1) is 31.1 Å². The summed E-state index contributed by atoms with van der Waals surface area (Å²) in [5, 5.41) is 0. The van der Waals surface area contributed by atoms with Gasteiger partial charge in [-0.2, -0.15) is 0 Å². The van der Waals surface area contributed by atoms with Crippen LogP contribution < -0.4 is 0 Å². The minimum absolute atomic E-state index is 0.0111. The summed E-state index contributed by atoms with van der Waals surface area (Å²) in [6.45, 7) is 17.8. The van der Waals surface area contributed by atoms with Gasteiger partial charge in [0.25, 0.3) is 0 Å². The summed E-state index contributed by atoms with van der Waals surface area (Å²) in [6, 6.07) is 0. The fraction of sp³-hybridized carbons (Fsp3) is 0.955. The van der Waals surface area contributed by atoms with Gasteiger partial charge in [0.15, 0.2) is 0 Å². The van der Waals surface area contributed by atoms with Gasteiger partial charge in [-0.25, -0.2) is 0 Å². The molecule has 0 spiro atoms. The molecule has 6 fully saturated rings. The third kappa shape index (κ3) is 6.83. The van der Waals surface area contributed by atoms with Crippen molar-refractivity contribution in [3.8, 4) is 0 Å². The summed E-state index contributed by atoms with van der Waals surface area (Å²) in [5.74, 6) is 2.35. The van der Waals surface area contributed by atoms with Crippen LogP contribution in [0.5, 0.6) is 0 Å². The quantitative estimate of drug-likeness (QED) is 0.205. The molecule has 16 atom stereocenters. The molecule has 0 radical (unpaired) electrons. The third-order valence-corrected chi connectivity index (χ3v) is 17.6. The second kappa shape index (κ2) is 16.5. The fourth-order valence-electron chi connectivity index (χ4n) is 14.1. The van der Waals surface area contributed by atoms with Gasteiger partial charge in [0.1, 0.15) is 25.2 Å². The predicted molar refractivity (Wildman–Crippen MR) is 204 cm³/mol. The molecule has 4 bridgehead atoms. The van der Waals surface area contributed by atoms with Crippen molar-refractivity contribution in [3.63, 3.8) is 0 Å². The smallest absolute Gasteiger partial charge is 0.146 e. The molecular formula is C44H75FO8.